The van der Waals surface area contributed by atoms with Crippen molar-refractivity contribution in [2.45, 2.75) is 136 Å². The summed E-state index contributed by atoms with van der Waals surface area (Å²) >= 11 is 5.59. The number of thiophene rings is 3. The average molecular weight is 1900 g/mol. The normalized spacial score (nSPS) is 16.0. The fourth-order valence-corrected chi connectivity index (χ4v) is 24.5. The minimum absolute atomic E-state index is 0.0497. The van der Waals surface area contributed by atoms with Crippen LogP contribution in [0, 0.1) is 0 Å². The Bertz CT molecular complexity index is 8310. The lowest BCUT2D eigenvalue weighted by Gasteiger charge is -2.32. The molecule has 0 spiro atoms. The van der Waals surface area contributed by atoms with Crippen molar-refractivity contribution >= 4 is 194 Å². The molecule has 0 N–H and O–H groups in total. The summed E-state index contributed by atoms with van der Waals surface area (Å²) in [5.41, 5.74) is 25.4. The zero-order chi connectivity index (χ0) is 97.4. The van der Waals surface area contributed by atoms with E-state index < -0.39 is 55.0 Å². The molecule has 3 saturated heterocycles. The van der Waals surface area contributed by atoms with Gasteiger partial charge in [0, 0.05) is 134 Å². The molecule has 0 amide bonds. The number of hydrogen-bond acceptors (Lipinski definition) is 12. The van der Waals surface area contributed by atoms with Crippen molar-refractivity contribution in [3.05, 3.63) is 424 Å². The van der Waals surface area contributed by atoms with Crippen LogP contribution in [0.25, 0.3) is 127 Å². The highest BCUT2D eigenvalue weighted by atomic mass is 32.1. The first-order valence-corrected chi connectivity index (χ1v) is 51.7. The third-order valence-electron chi connectivity index (χ3n) is 30.4. The predicted octanol–water partition coefficient (Wildman–Crippen LogP) is 33.6. The summed E-state index contributed by atoms with van der Waals surface area (Å²) in [5.74, 6) is 0. The Kier molecular flexibility index (Phi) is 23.3. The summed E-state index contributed by atoms with van der Waals surface area (Å²) in [6, 6.07) is 149. The maximum absolute atomic E-state index is 6.50. The Morgan fingerprint density at radius 2 is 0.500 bits per heavy atom. The number of anilines is 9. The van der Waals surface area contributed by atoms with E-state index >= 15 is 0 Å². The van der Waals surface area contributed by atoms with Gasteiger partial charge in [0.2, 0.25) is 0 Å². The van der Waals surface area contributed by atoms with Crippen LogP contribution >= 0.6 is 34.0 Å². The molecule has 1 aliphatic carbocycles. The molecule has 3 fully saturated rings. The van der Waals surface area contributed by atoms with Crippen molar-refractivity contribution in [1.82, 2.24) is 0 Å². The first-order chi connectivity index (χ1) is 68.6. The molecule has 15 heteroatoms. The van der Waals surface area contributed by atoms with Gasteiger partial charge in [-0.1, -0.05) is 305 Å². The van der Waals surface area contributed by atoms with Gasteiger partial charge in [0.05, 0.1) is 33.6 Å². The number of fused-ring (bicyclic) bond motifs is 14. The van der Waals surface area contributed by atoms with Gasteiger partial charge in [0.1, 0.15) is 0 Å². The third kappa shape index (κ3) is 16.6. The van der Waals surface area contributed by atoms with Crippen LogP contribution in [0.5, 0.6) is 0 Å². The Morgan fingerprint density at radius 1 is 0.190 bits per heavy atom. The summed E-state index contributed by atoms with van der Waals surface area (Å²) in [6.45, 7) is 29.9. The van der Waals surface area contributed by atoms with Gasteiger partial charge in [0.15, 0.2) is 0 Å². The highest BCUT2D eigenvalue weighted by molar-refractivity contribution is 7.27. The molecule has 21 aromatic rings. The molecule has 18 aromatic carbocycles. The molecule has 6 heterocycles. The summed E-state index contributed by atoms with van der Waals surface area (Å²) in [7, 11) is -1.28. The van der Waals surface area contributed by atoms with E-state index in [1.807, 2.05) is 34.0 Å². The van der Waals surface area contributed by atoms with Crippen LogP contribution in [0.2, 0.25) is 0 Å². The van der Waals surface area contributed by atoms with Gasteiger partial charge in [-0.15, -0.1) is 34.0 Å². The lowest BCUT2D eigenvalue weighted by molar-refractivity contribution is 0.00578. The molecule has 4 aliphatic rings. The summed E-state index contributed by atoms with van der Waals surface area (Å²) < 4.78 is 46.6. The Balaban J connectivity index is 0.000000119. The molecule has 0 atom stereocenters. The highest BCUT2D eigenvalue weighted by Crippen LogP contribution is 2.55. The maximum atomic E-state index is 6.50. The standard InChI is InChI=1S/C45H40BNO2S.C42H36BNO2S.C40H34BNO2S/c1-43(2)39-21-12-10-19-34(39)37-26-32(23-24-40(37)43)47(31-17-8-7-9-18-31)33-27-36(42-38(28-33)35-20-11-13-22-41(35)50-42)29-15-14-16-30(25-29)46-48-44(3,4)45(5,6)49-46;1-41(2)42(3,4)46-43(45-41)32-17-13-16-31(26-32)37-27-35(28-38-36-20-11-12-21-39(36)47-40(37)38)44(33-18-9-6-10-19-33)34-24-22-30(23-25-34)29-14-7-5-8-15-29;1-39(2)40(3,4)44-41(43-39)29-16-13-15-28(24-29)35-25-32(42(30-17-7-5-8-18-30)31-19-9-6-10-20-31)26-36-34-23-22-27-14-11-12-21-33(27)37(34)45-38(35)36/h7-28H,1-6H3;5-28H,1-4H3;5-26H,1-4H3. The topological polar surface area (TPSA) is 65.1 Å². The van der Waals surface area contributed by atoms with Gasteiger partial charge < -0.3 is 42.6 Å². The molecule has 25 rings (SSSR count). The Morgan fingerprint density at radius 3 is 0.923 bits per heavy atom. The molecule has 9 nitrogen and oxygen atoms in total. The monoisotopic (exact) mass is 1900 g/mol. The van der Waals surface area contributed by atoms with Crippen LogP contribution in [0.15, 0.2) is 413 Å². The van der Waals surface area contributed by atoms with E-state index in [0.29, 0.717) is 0 Å². The average Bonchev–Trinajstić information content (AvgIpc) is 1.57. The predicted molar refractivity (Wildman–Crippen MR) is 606 cm³/mol. The second kappa shape index (κ2) is 36.0. The third-order valence-corrected chi connectivity index (χ3v) is 34.2. The number of rotatable bonds is 16. The molecule has 3 aromatic heterocycles. The van der Waals surface area contributed by atoms with E-state index in [9.17, 15) is 0 Å². The van der Waals surface area contributed by atoms with E-state index in [1.165, 1.54) is 121 Å². The zero-order valence-corrected chi connectivity index (χ0v) is 85.0. The van der Waals surface area contributed by atoms with Gasteiger partial charge >= 0.3 is 21.4 Å². The summed E-state index contributed by atoms with van der Waals surface area (Å²) in [6.07, 6.45) is 0. The molecule has 142 heavy (non-hydrogen) atoms. The van der Waals surface area contributed by atoms with E-state index in [4.69, 9.17) is 27.9 Å². The van der Waals surface area contributed by atoms with Gasteiger partial charge in [-0.3, -0.25) is 0 Å². The number of para-hydroxylation sites is 4. The van der Waals surface area contributed by atoms with Gasteiger partial charge in [-0.05, 0) is 282 Å². The van der Waals surface area contributed by atoms with Crippen LogP contribution in [0.1, 0.15) is 108 Å². The van der Waals surface area contributed by atoms with Gasteiger partial charge in [-0.25, -0.2) is 0 Å². The molecule has 0 bridgehead atoms. The van der Waals surface area contributed by atoms with Crippen LogP contribution < -0.4 is 31.1 Å². The Labute approximate surface area is 845 Å². The fraction of sp³-hybridized carbons (Fsp3) is 0.165. The molecule has 696 valence electrons. The minimum Gasteiger partial charge on any atom is -0.399 e. The molecule has 0 radical (unpaired) electrons. The molecule has 0 saturated carbocycles. The maximum Gasteiger partial charge on any atom is 0.494 e. The summed E-state index contributed by atoms with van der Waals surface area (Å²) in [5, 5.41) is 10.1. The van der Waals surface area contributed by atoms with E-state index in [2.05, 4.69) is 524 Å². The van der Waals surface area contributed by atoms with Crippen molar-refractivity contribution in [3.8, 4) is 55.6 Å². The quantitative estimate of drug-likeness (QED) is 0.0880. The fourth-order valence-electron chi connectivity index (χ4n) is 20.7. The molecule has 0 unspecified atom stereocenters. The van der Waals surface area contributed by atoms with Crippen LogP contribution in [-0.4, -0.2) is 55.0 Å². The largest absolute Gasteiger partial charge is 0.494 e. The van der Waals surface area contributed by atoms with Gasteiger partial charge in [-0.2, -0.15) is 0 Å². The molecule has 3 aliphatic heterocycles. The first-order valence-electron chi connectivity index (χ1n) is 49.3. The molecular formula is C127H110B3N3O6S3. The van der Waals surface area contributed by atoms with E-state index in [-0.39, 0.29) is 5.41 Å². The second-order valence-electron chi connectivity index (χ2n) is 41.4. The first kappa shape index (κ1) is 92.0. The SMILES string of the molecule is CC1(C)OB(c2cccc(-c3cc(N(c4ccccc4)c4ccc(-c5ccccc5)cc4)cc4c3sc3ccccc34)c2)OC1(C)C.CC1(C)OB(c2cccc(-c3cc(N(c4ccccc4)c4ccccc4)cc4c3sc3c5ccccc5ccc43)c2)OC1(C)C.CC1(C)c2ccccc2-c2cc(N(c3ccccc3)c3cc(-c4cccc(B5OC(C)(C)C(C)(C)O5)c4)c4sc5ccccc5c4c3)ccc21. The minimum atomic E-state index is -0.430. The van der Waals surface area contributed by atoms with Crippen molar-refractivity contribution < 1.29 is 27.9 Å². The van der Waals surface area contributed by atoms with Crippen molar-refractivity contribution in [2.75, 3.05) is 14.7 Å². The highest BCUT2D eigenvalue weighted by Gasteiger charge is 2.54. The lowest BCUT2D eigenvalue weighted by atomic mass is 9.78. The second-order valence-corrected chi connectivity index (χ2v) is 44.5. The number of hydrogen-bond donors (Lipinski definition) is 0. The van der Waals surface area contributed by atoms with Crippen LogP contribution in [0.4, 0.5) is 51.2 Å². The smallest absolute Gasteiger partial charge is 0.399 e. The van der Waals surface area contributed by atoms with E-state index in [1.54, 1.807) is 0 Å². The summed E-state index contributed by atoms with van der Waals surface area (Å²) in [4.78, 5) is 7.13. The van der Waals surface area contributed by atoms with Crippen LogP contribution in [0.3, 0.4) is 0 Å². The number of benzene rings is 18. The Hall–Kier alpha value is -13.8. The van der Waals surface area contributed by atoms with Crippen LogP contribution in [-0.2, 0) is 33.3 Å². The lowest BCUT2D eigenvalue weighted by Crippen LogP contribution is -2.41. The van der Waals surface area contributed by atoms with E-state index in [0.717, 1.165) is 84.3 Å². The zero-order valence-electron chi connectivity index (χ0n) is 82.5. The van der Waals surface area contributed by atoms with Crippen molar-refractivity contribution in [3.63, 3.8) is 0 Å². The van der Waals surface area contributed by atoms with Gasteiger partial charge in [0.25, 0.3) is 0 Å². The molecular weight excluding hydrogens is 1790 g/mol. The van der Waals surface area contributed by atoms with Crippen molar-refractivity contribution in [2.24, 2.45) is 0 Å². The number of nitrogens with zero attached hydrogens (tertiary/aromatic N) is 3. The van der Waals surface area contributed by atoms with Crippen molar-refractivity contribution in [1.29, 1.82) is 0 Å².